The van der Waals surface area contributed by atoms with Crippen LogP contribution in [-0.4, -0.2) is 48.4 Å². The summed E-state index contributed by atoms with van der Waals surface area (Å²) in [6.45, 7) is 4.65. The van der Waals surface area contributed by atoms with E-state index >= 15 is 0 Å². The van der Waals surface area contributed by atoms with Gasteiger partial charge in [0.05, 0.1) is 6.61 Å². The summed E-state index contributed by atoms with van der Waals surface area (Å²) in [5.74, 6) is 0.151. The summed E-state index contributed by atoms with van der Waals surface area (Å²) in [4.78, 5) is 37.7. The minimum atomic E-state index is -0.618. The van der Waals surface area contributed by atoms with Crippen molar-refractivity contribution < 1.29 is 19.1 Å². The second kappa shape index (κ2) is 8.85. The van der Waals surface area contributed by atoms with Gasteiger partial charge in [0.25, 0.3) is 0 Å². The van der Waals surface area contributed by atoms with Crippen molar-refractivity contribution in [3.8, 4) is 0 Å². The normalized spacial score (nSPS) is 22.5. The quantitative estimate of drug-likeness (QED) is 0.596. The van der Waals surface area contributed by atoms with Crippen LogP contribution in [0.3, 0.4) is 0 Å². The predicted octanol–water partition coefficient (Wildman–Crippen LogP) is 2.28. The number of alkyl carbamates (subject to hydrolysis) is 1. The molecule has 0 spiro atoms. The van der Waals surface area contributed by atoms with E-state index in [2.05, 4.69) is 5.32 Å². The topological polar surface area (TPSA) is 75.7 Å². The van der Waals surface area contributed by atoms with Crippen LogP contribution < -0.4 is 5.32 Å². The lowest BCUT2D eigenvalue weighted by Gasteiger charge is -2.33. The summed E-state index contributed by atoms with van der Waals surface area (Å²) in [6.07, 6.45) is 8.85. The molecule has 1 fully saturated rings. The van der Waals surface area contributed by atoms with Crippen LogP contribution in [0.2, 0.25) is 0 Å². The molecule has 1 heterocycles. The average molecular weight is 336 g/mol. The first-order chi connectivity index (χ1) is 11.5. The van der Waals surface area contributed by atoms with Crippen molar-refractivity contribution in [1.29, 1.82) is 0 Å². The van der Waals surface area contributed by atoms with E-state index in [-0.39, 0.29) is 17.7 Å². The number of nitrogens with one attached hydrogen (secondary N) is 1. The van der Waals surface area contributed by atoms with Gasteiger partial charge >= 0.3 is 6.09 Å². The maximum absolute atomic E-state index is 12.9. The van der Waals surface area contributed by atoms with Crippen LogP contribution in [0.5, 0.6) is 0 Å². The number of carbonyl (C=O) groups is 3. The highest BCUT2D eigenvalue weighted by molar-refractivity contribution is 5.89. The van der Waals surface area contributed by atoms with E-state index in [9.17, 15) is 14.4 Å². The van der Waals surface area contributed by atoms with Crippen molar-refractivity contribution >= 4 is 18.3 Å². The van der Waals surface area contributed by atoms with Crippen LogP contribution in [0.4, 0.5) is 4.79 Å². The fraction of sp³-hybridized carbons (Fsp3) is 0.722. The van der Waals surface area contributed by atoms with Gasteiger partial charge in [-0.2, -0.15) is 0 Å². The highest BCUT2D eigenvalue weighted by atomic mass is 16.5. The van der Waals surface area contributed by atoms with Crippen LogP contribution in [-0.2, 0) is 14.3 Å². The molecule has 1 saturated carbocycles. The number of carbonyl (C=O) groups excluding carboxylic acids is 3. The maximum atomic E-state index is 12.9. The number of nitrogens with zero attached hydrogens (tertiary/aromatic N) is 1. The Morgan fingerprint density at radius 2 is 2.00 bits per heavy atom. The molecule has 0 saturated heterocycles. The highest BCUT2D eigenvalue weighted by Gasteiger charge is 2.37. The third-order valence-corrected chi connectivity index (χ3v) is 4.63. The van der Waals surface area contributed by atoms with Gasteiger partial charge in [-0.3, -0.25) is 4.79 Å². The Hall–Kier alpha value is -1.85. The monoisotopic (exact) mass is 336 g/mol. The Bertz CT molecular complexity index is 483. The summed E-state index contributed by atoms with van der Waals surface area (Å²) < 4.78 is 5.18. The standard InChI is InChI=1S/C18H28N2O4/c1-13(2)12-24-18(23)19-16(14-7-4-3-5-8-14)17(22)20-10-6-9-15(20)11-21/h6,9,11,13-16H,3-5,7-8,10,12H2,1-2H3,(H,19,23)/t15-,16-/m0/s1. The minimum absolute atomic E-state index is 0.103. The Morgan fingerprint density at radius 1 is 1.29 bits per heavy atom. The van der Waals surface area contributed by atoms with Crippen LogP contribution in [0.15, 0.2) is 12.2 Å². The molecule has 0 radical (unpaired) electrons. The van der Waals surface area contributed by atoms with Gasteiger partial charge in [-0.1, -0.05) is 45.3 Å². The number of ether oxygens (including phenoxy) is 1. The zero-order valence-corrected chi connectivity index (χ0v) is 14.6. The first kappa shape index (κ1) is 18.5. The molecule has 0 bridgehead atoms. The van der Waals surface area contributed by atoms with E-state index in [0.29, 0.717) is 13.2 Å². The third kappa shape index (κ3) is 4.82. The van der Waals surface area contributed by atoms with Crippen molar-refractivity contribution in [3.05, 3.63) is 12.2 Å². The third-order valence-electron chi connectivity index (χ3n) is 4.63. The molecule has 6 nitrogen and oxygen atoms in total. The molecule has 0 aromatic heterocycles. The number of hydrogen-bond acceptors (Lipinski definition) is 4. The molecule has 2 rings (SSSR count). The largest absolute Gasteiger partial charge is 0.449 e. The molecule has 2 atom stereocenters. The van der Waals surface area contributed by atoms with Gasteiger partial charge in [-0.15, -0.1) is 0 Å². The van der Waals surface area contributed by atoms with Gasteiger partial charge in [-0.25, -0.2) is 4.79 Å². The molecule has 24 heavy (non-hydrogen) atoms. The van der Waals surface area contributed by atoms with Crippen molar-refractivity contribution in [2.75, 3.05) is 13.2 Å². The fourth-order valence-electron chi connectivity index (χ4n) is 3.33. The first-order valence-corrected chi connectivity index (χ1v) is 8.88. The Balaban J connectivity index is 2.05. The molecule has 2 amide bonds. The van der Waals surface area contributed by atoms with Crippen molar-refractivity contribution in [1.82, 2.24) is 10.2 Å². The van der Waals surface area contributed by atoms with Crippen molar-refractivity contribution in [2.24, 2.45) is 11.8 Å². The molecular weight excluding hydrogens is 308 g/mol. The molecule has 1 aliphatic heterocycles. The van der Waals surface area contributed by atoms with Gasteiger partial charge in [0.2, 0.25) is 5.91 Å². The smallest absolute Gasteiger partial charge is 0.407 e. The zero-order chi connectivity index (χ0) is 17.5. The van der Waals surface area contributed by atoms with E-state index in [0.717, 1.165) is 38.4 Å². The Labute approximate surface area is 143 Å². The molecular formula is C18H28N2O4. The Kier molecular flexibility index (Phi) is 6.82. The highest BCUT2D eigenvalue weighted by Crippen LogP contribution is 2.28. The zero-order valence-electron chi connectivity index (χ0n) is 14.6. The van der Waals surface area contributed by atoms with E-state index < -0.39 is 18.2 Å². The van der Waals surface area contributed by atoms with Gasteiger partial charge in [0, 0.05) is 6.54 Å². The second-order valence-electron chi connectivity index (χ2n) is 7.06. The van der Waals surface area contributed by atoms with E-state index in [4.69, 9.17) is 4.74 Å². The Morgan fingerprint density at radius 3 is 2.62 bits per heavy atom. The van der Waals surface area contributed by atoms with Crippen LogP contribution in [0.25, 0.3) is 0 Å². The molecule has 1 aliphatic carbocycles. The SMILES string of the molecule is CC(C)COC(=O)N[C@H](C(=O)N1CC=C[C@H]1C=O)C1CCCCC1. The second-order valence-corrected chi connectivity index (χ2v) is 7.06. The van der Waals surface area contributed by atoms with E-state index in [1.165, 1.54) is 4.90 Å². The van der Waals surface area contributed by atoms with E-state index in [1.807, 2.05) is 19.9 Å². The molecule has 0 aromatic rings. The molecule has 0 unspecified atom stereocenters. The summed E-state index contributed by atoms with van der Waals surface area (Å²) in [5, 5.41) is 2.77. The summed E-state index contributed by atoms with van der Waals surface area (Å²) in [5.41, 5.74) is 0. The summed E-state index contributed by atoms with van der Waals surface area (Å²) in [7, 11) is 0. The lowest BCUT2D eigenvalue weighted by molar-refractivity contribution is -0.137. The van der Waals surface area contributed by atoms with Gasteiger partial charge in [0.1, 0.15) is 18.4 Å². The van der Waals surface area contributed by atoms with Gasteiger partial charge in [-0.05, 0) is 24.7 Å². The van der Waals surface area contributed by atoms with Crippen molar-refractivity contribution in [3.63, 3.8) is 0 Å². The maximum Gasteiger partial charge on any atom is 0.407 e. The first-order valence-electron chi connectivity index (χ1n) is 8.88. The minimum Gasteiger partial charge on any atom is -0.449 e. The summed E-state index contributed by atoms with van der Waals surface area (Å²) >= 11 is 0. The lowest BCUT2D eigenvalue weighted by atomic mass is 9.83. The molecule has 134 valence electrons. The molecule has 1 N–H and O–H groups in total. The van der Waals surface area contributed by atoms with Crippen LogP contribution in [0, 0.1) is 11.8 Å². The van der Waals surface area contributed by atoms with Gasteiger partial charge < -0.3 is 19.7 Å². The van der Waals surface area contributed by atoms with Crippen LogP contribution >= 0.6 is 0 Å². The number of aldehydes is 1. The molecule has 6 heteroatoms. The van der Waals surface area contributed by atoms with E-state index in [1.54, 1.807) is 6.08 Å². The van der Waals surface area contributed by atoms with Crippen LogP contribution in [0.1, 0.15) is 46.0 Å². The fourth-order valence-corrected chi connectivity index (χ4v) is 3.33. The van der Waals surface area contributed by atoms with Gasteiger partial charge in [0.15, 0.2) is 0 Å². The lowest BCUT2D eigenvalue weighted by Crippen LogP contribution is -2.54. The summed E-state index contributed by atoms with van der Waals surface area (Å²) in [6, 6.07) is -1.15. The number of rotatable bonds is 6. The molecule has 0 aromatic carbocycles. The number of hydrogen-bond donors (Lipinski definition) is 1. The molecule has 2 aliphatic rings. The number of amides is 2. The van der Waals surface area contributed by atoms with Crippen molar-refractivity contribution in [2.45, 2.75) is 58.0 Å². The average Bonchev–Trinajstić information content (AvgIpc) is 3.06. The predicted molar refractivity (Wildman–Crippen MR) is 90.4 cm³/mol.